The summed E-state index contributed by atoms with van der Waals surface area (Å²) in [5.74, 6) is 0.803. The SMILES string of the molecule is CCN(CC1CCC1)c1ccc(Cl)cc1C#N. The van der Waals surface area contributed by atoms with Crippen molar-refractivity contribution in [2.24, 2.45) is 5.92 Å². The molecule has 0 heterocycles. The van der Waals surface area contributed by atoms with Gasteiger partial charge in [-0.2, -0.15) is 5.26 Å². The van der Waals surface area contributed by atoms with Crippen molar-refractivity contribution in [3.63, 3.8) is 0 Å². The Morgan fingerprint density at radius 3 is 2.76 bits per heavy atom. The third-order valence-electron chi connectivity index (χ3n) is 3.50. The van der Waals surface area contributed by atoms with Gasteiger partial charge in [-0.25, -0.2) is 0 Å². The molecule has 0 unspecified atom stereocenters. The van der Waals surface area contributed by atoms with E-state index in [4.69, 9.17) is 16.9 Å². The predicted molar refractivity (Wildman–Crippen MR) is 71.4 cm³/mol. The Bertz CT molecular complexity index is 432. The summed E-state index contributed by atoms with van der Waals surface area (Å²) in [5, 5.41) is 9.79. The summed E-state index contributed by atoms with van der Waals surface area (Å²) in [6.45, 7) is 4.13. The van der Waals surface area contributed by atoms with Gasteiger partial charge in [0.2, 0.25) is 0 Å². The number of rotatable bonds is 4. The fourth-order valence-electron chi connectivity index (χ4n) is 2.26. The van der Waals surface area contributed by atoms with Crippen LogP contribution in [0.2, 0.25) is 5.02 Å². The molecule has 0 saturated heterocycles. The van der Waals surface area contributed by atoms with Gasteiger partial charge < -0.3 is 4.90 Å². The molecular weight excluding hydrogens is 232 g/mol. The van der Waals surface area contributed by atoms with E-state index in [2.05, 4.69) is 17.9 Å². The van der Waals surface area contributed by atoms with Crippen LogP contribution in [0.25, 0.3) is 0 Å². The quantitative estimate of drug-likeness (QED) is 0.810. The molecule has 3 heteroatoms. The van der Waals surface area contributed by atoms with Crippen LogP contribution in [-0.4, -0.2) is 13.1 Å². The lowest BCUT2D eigenvalue weighted by molar-refractivity contribution is 0.318. The first-order valence-electron chi connectivity index (χ1n) is 6.19. The molecule has 0 bridgehead atoms. The number of nitrogens with zero attached hydrogens (tertiary/aromatic N) is 2. The first-order chi connectivity index (χ1) is 8.24. The van der Waals surface area contributed by atoms with E-state index in [1.54, 1.807) is 6.07 Å². The zero-order chi connectivity index (χ0) is 12.3. The molecule has 0 amide bonds. The molecule has 1 saturated carbocycles. The topological polar surface area (TPSA) is 27.0 Å². The second kappa shape index (κ2) is 5.42. The minimum atomic E-state index is 0.630. The molecule has 0 atom stereocenters. The van der Waals surface area contributed by atoms with E-state index < -0.39 is 0 Å². The van der Waals surface area contributed by atoms with E-state index in [9.17, 15) is 0 Å². The van der Waals surface area contributed by atoms with Gasteiger partial charge in [-0.3, -0.25) is 0 Å². The van der Waals surface area contributed by atoms with Gasteiger partial charge >= 0.3 is 0 Å². The second-order valence-electron chi connectivity index (χ2n) is 4.61. The number of hydrogen-bond donors (Lipinski definition) is 0. The first kappa shape index (κ1) is 12.3. The number of hydrogen-bond acceptors (Lipinski definition) is 2. The highest BCUT2D eigenvalue weighted by Gasteiger charge is 2.21. The number of halogens is 1. The second-order valence-corrected chi connectivity index (χ2v) is 5.05. The number of benzene rings is 1. The van der Waals surface area contributed by atoms with E-state index in [-0.39, 0.29) is 0 Å². The van der Waals surface area contributed by atoms with Crippen molar-refractivity contribution in [3.05, 3.63) is 28.8 Å². The van der Waals surface area contributed by atoms with Gasteiger partial charge in [-0.1, -0.05) is 18.0 Å². The molecular formula is C14H17ClN2. The molecule has 0 aromatic heterocycles. The van der Waals surface area contributed by atoms with E-state index in [1.165, 1.54) is 19.3 Å². The summed E-state index contributed by atoms with van der Waals surface area (Å²) in [6.07, 6.45) is 4.01. The molecule has 17 heavy (non-hydrogen) atoms. The van der Waals surface area contributed by atoms with Crippen molar-refractivity contribution >= 4 is 17.3 Å². The summed E-state index contributed by atoms with van der Waals surface area (Å²) in [6, 6.07) is 7.81. The molecule has 1 aromatic rings. The van der Waals surface area contributed by atoms with Gasteiger partial charge in [0.25, 0.3) is 0 Å². The molecule has 0 aliphatic heterocycles. The third-order valence-corrected chi connectivity index (χ3v) is 3.74. The lowest BCUT2D eigenvalue weighted by atomic mass is 9.85. The molecule has 90 valence electrons. The standard InChI is InChI=1S/C14H17ClN2/c1-2-17(10-11-4-3-5-11)14-7-6-13(15)8-12(14)9-16/h6-8,11H,2-5,10H2,1H3. The van der Waals surface area contributed by atoms with Gasteiger partial charge in [0.1, 0.15) is 6.07 Å². The van der Waals surface area contributed by atoms with Gasteiger partial charge in [-0.15, -0.1) is 0 Å². The summed E-state index contributed by atoms with van der Waals surface area (Å²) in [7, 11) is 0. The molecule has 1 fully saturated rings. The maximum Gasteiger partial charge on any atom is 0.101 e. The van der Waals surface area contributed by atoms with Crippen LogP contribution >= 0.6 is 11.6 Å². The maximum atomic E-state index is 9.16. The van der Waals surface area contributed by atoms with Crippen molar-refractivity contribution in [3.8, 4) is 6.07 Å². The summed E-state index contributed by atoms with van der Waals surface area (Å²) >= 11 is 5.92. The Morgan fingerprint density at radius 1 is 1.47 bits per heavy atom. The van der Waals surface area contributed by atoms with Crippen molar-refractivity contribution < 1.29 is 0 Å². The third kappa shape index (κ3) is 2.73. The minimum Gasteiger partial charge on any atom is -0.370 e. The summed E-state index contributed by atoms with van der Waals surface area (Å²) in [5.41, 5.74) is 1.70. The number of anilines is 1. The van der Waals surface area contributed by atoms with Crippen LogP contribution in [0.5, 0.6) is 0 Å². The molecule has 1 aliphatic rings. The summed E-state index contributed by atoms with van der Waals surface area (Å²) in [4.78, 5) is 2.29. The van der Waals surface area contributed by atoms with Crippen molar-refractivity contribution in [1.29, 1.82) is 5.26 Å². The van der Waals surface area contributed by atoms with Crippen LogP contribution in [-0.2, 0) is 0 Å². The molecule has 0 radical (unpaired) electrons. The lowest BCUT2D eigenvalue weighted by Crippen LogP contribution is -2.32. The first-order valence-corrected chi connectivity index (χ1v) is 6.57. The molecule has 0 spiro atoms. The summed E-state index contributed by atoms with van der Waals surface area (Å²) < 4.78 is 0. The van der Waals surface area contributed by atoms with Gasteiger partial charge in [0, 0.05) is 18.1 Å². The molecule has 2 rings (SSSR count). The molecule has 2 nitrogen and oxygen atoms in total. The van der Waals surface area contributed by atoms with Gasteiger partial charge in [0.05, 0.1) is 11.3 Å². The largest absolute Gasteiger partial charge is 0.370 e. The minimum absolute atomic E-state index is 0.630. The highest BCUT2D eigenvalue weighted by atomic mass is 35.5. The van der Waals surface area contributed by atoms with Crippen LogP contribution in [0.15, 0.2) is 18.2 Å². The lowest BCUT2D eigenvalue weighted by Gasteiger charge is -2.33. The van der Waals surface area contributed by atoms with E-state index >= 15 is 0 Å². The monoisotopic (exact) mass is 248 g/mol. The van der Waals surface area contributed by atoms with Crippen molar-refractivity contribution in [2.45, 2.75) is 26.2 Å². The van der Waals surface area contributed by atoms with Crippen molar-refractivity contribution in [1.82, 2.24) is 0 Å². The van der Waals surface area contributed by atoms with E-state index in [0.29, 0.717) is 10.6 Å². The van der Waals surface area contributed by atoms with Crippen LogP contribution < -0.4 is 4.90 Å². The Balaban J connectivity index is 2.20. The van der Waals surface area contributed by atoms with Crippen LogP contribution in [0.3, 0.4) is 0 Å². The maximum absolute atomic E-state index is 9.16. The predicted octanol–water partition coefficient (Wildman–Crippen LogP) is 3.84. The fraction of sp³-hybridized carbons (Fsp3) is 0.500. The zero-order valence-electron chi connectivity index (χ0n) is 10.1. The van der Waals surface area contributed by atoms with Gasteiger partial charge in [-0.05, 0) is 43.9 Å². The van der Waals surface area contributed by atoms with E-state index in [1.807, 2.05) is 12.1 Å². The van der Waals surface area contributed by atoms with Crippen LogP contribution in [0, 0.1) is 17.2 Å². The average molecular weight is 249 g/mol. The molecule has 1 aromatic carbocycles. The van der Waals surface area contributed by atoms with Gasteiger partial charge in [0.15, 0.2) is 0 Å². The van der Waals surface area contributed by atoms with Crippen LogP contribution in [0.4, 0.5) is 5.69 Å². The Hall–Kier alpha value is -1.20. The molecule has 1 aliphatic carbocycles. The molecule has 0 N–H and O–H groups in total. The average Bonchev–Trinajstić information content (AvgIpc) is 2.29. The smallest absolute Gasteiger partial charge is 0.101 e. The normalized spacial score (nSPS) is 15.1. The highest BCUT2D eigenvalue weighted by molar-refractivity contribution is 6.30. The van der Waals surface area contributed by atoms with Crippen LogP contribution in [0.1, 0.15) is 31.7 Å². The fourth-order valence-corrected chi connectivity index (χ4v) is 2.43. The highest BCUT2D eigenvalue weighted by Crippen LogP contribution is 2.30. The zero-order valence-corrected chi connectivity index (χ0v) is 10.9. The van der Waals surface area contributed by atoms with Crippen molar-refractivity contribution in [2.75, 3.05) is 18.0 Å². The Morgan fingerprint density at radius 2 is 2.24 bits per heavy atom. The Kier molecular flexibility index (Phi) is 3.91. The Labute approximate surface area is 108 Å². The number of nitriles is 1. The van der Waals surface area contributed by atoms with E-state index in [0.717, 1.165) is 24.7 Å².